The second kappa shape index (κ2) is 3.03. The summed E-state index contributed by atoms with van der Waals surface area (Å²) in [4.78, 5) is 11.0. The van der Waals surface area contributed by atoms with Gasteiger partial charge in [-0.1, -0.05) is 0 Å². The van der Waals surface area contributed by atoms with Crippen LogP contribution in [0.2, 0.25) is 0 Å². The van der Waals surface area contributed by atoms with Gasteiger partial charge in [0.15, 0.2) is 0 Å². The molecule has 2 amide bonds. The molecule has 1 saturated carbocycles. The van der Waals surface area contributed by atoms with Gasteiger partial charge in [0.1, 0.15) is 30.1 Å². The predicted molar refractivity (Wildman–Crippen MR) is 46.4 cm³/mol. The number of nitrogens with one attached hydrogen (secondary N) is 2. The van der Waals surface area contributed by atoms with Gasteiger partial charge in [-0.2, -0.15) is 0 Å². The van der Waals surface area contributed by atoms with E-state index in [9.17, 15) is 25.2 Å². The van der Waals surface area contributed by atoms with Crippen molar-refractivity contribution in [2.24, 2.45) is 5.73 Å². The summed E-state index contributed by atoms with van der Waals surface area (Å²) in [6, 6.07) is -1.71. The van der Waals surface area contributed by atoms with E-state index in [4.69, 9.17) is 5.73 Å². The Morgan fingerprint density at radius 3 is 2.33 bits per heavy atom. The normalized spacial score (nSPS) is 54.5. The number of aliphatic hydroxyl groups excluding tert-OH is 4. The third-order valence-corrected chi connectivity index (χ3v) is 2.99. The average molecular weight is 219 g/mol. The fraction of sp³-hybridized carbons (Fsp3) is 0.857. The lowest BCUT2D eigenvalue weighted by molar-refractivity contribution is -0.173. The van der Waals surface area contributed by atoms with Crippen LogP contribution in [0.4, 0.5) is 4.79 Å². The molecule has 86 valence electrons. The van der Waals surface area contributed by atoms with Crippen LogP contribution in [-0.2, 0) is 0 Å². The minimum Gasteiger partial charge on any atom is -0.388 e. The first-order chi connectivity index (χ1) is 6.88. The topological polar surface area (TPSA) is 148 Å². The maximum Gasteiger partial charge on any atom is 0.316 e. The highest BCUT2D eigenvalue weighted by molar-refractivity contribution is 5.79. The van der Waals surface area contributed by atoms with Crippen LogP contribution in [0, 0.1) is 0 Å². The Morgan fingerprint density at radius 1 is 1.13 bits per heavy atom. The number of aliphatic hydroxyl groups is 4. The van der Waals surface area contributed by atoms with E-state index in [1.807, 2.05) is 0 Å². The molecule has 0 aromatic rings. The van der Waals surface area contributed by atoms with E-state index >= 15 is 0 Å². The van der Waals surface area contributed by atoms with Crippen LogP contribution in [0.15, 0.2) is 0 Å². The smallest absolute Gasteiger partial charge is 0.316 e. The van der Waals surface area contributed by atoms with Gasteiger partial charge in [0.05, 0.1) is 6.04 Å². The van der Waals surface area contributed by atoms with Gasteiger partial charge in [-0.3, -0.25) is 0 Å². The van der Waals surface area contributed by atoms with Crippen molar-refractivity contribution in [3.63, 3.8) is 0 Å². The Bertz CT molecular complexity index is 300. The van der Waals surface area contributed by atoms with E-state index in [1.165, 1.54) is 0 Å². The summed E-state index contributed by atoms with van der Waals surface area (Å²) in [5.74, 6) is 0. The standard InChI is InChI=1S/C7H13N3O5/c8-7-4(9-6(15)10-7)2(12)1(11)3(13)5(7)14/h1-5,11-14H,8H2,(H2,9,10,15)/t1-,2-,3+,4+,5-,7+/m1/s1. The summed E-state index contributed by atoms with van der Waals surface area (Å²) < 4.78 is 0. The molecule has 0 unspecified atom stereocenters. The van der Waals surface area contributed by atoms with Gasteiger partial charge in [-0.15, -0.1) is 0 Å². The predicted octanol–water partition coefficient (Wildman–Crippen LogP) is -4.22. The first-order valence-corrected chi connectivity index (χ1v) is 4.47. The maximum atomic E-state index is 11.0. The molecule has 8 nitrogen and oxygen atoms in total. The van der Waals surface area contributed by atoms with Gasteiger partial charge >= 0.3 is 6.03 Å². The highest BCUT2D eigenvalue weighted by atomic mass is 16.4. The molecule has 0 aromatic carbocycles. The van der Waals surface area contributed by atoms with Gasteiger partial charge < -0.3 is 36.8 Å². The third-order valence-electron chi connectivity index (χ3n) is 2.99. The lowest BCUT2D eigenvalue weighted by Gasteiger charge is -2.46. The number of amides is 2. The van der Waals surface area contributed by atoms with E-state index in [2.05, 4.69) is 10.6 Å². The molecule has 8 N–H and O–H groups in total. The van der Waals surface area contributed by atoms with Gasteiger partial charge in [0.25, 0.3) is 0 Å². The molecule has 1 aliphatic heterocycles. The highest BCUT2D eigenvalue weighted by Gasteiger charge is 2.61. The van der Waals surface area contributed by atoms with Crippen molar-refractivity contribution in [3.8, 4) is 0 Å². The Hall–Kier alpha value is -0.930. The zero-order chi connectivity index (χ0) is 11.4. The monoisotopic (exact) mass is 219 g/mol. The van der Waals surface area contributed by atoms with Crippen molar-refractivity contribution in [3.05, 3.63) is 0 Å². The van der Waals surface area contributed by atoms with Crippen molar-refractivity contribution >= 4 is 6.03 Å². The molecule has 8 heteroatoms. The molecule has 1 saturated heterocycles. The Kier molecular flexibility index (Phi) is 2.14. The molecular formula is C7H13N3O5. The van der Waals surface area contributed by atoms with Crippen LogP contribution >= 0.6 is 0 Å². The van der Waals surface area contributed by atoms with E-state index < -0.39 is 42.2 Å². The molecule has 2 aliphatic rings. The highest BCUT2D eigenvalue weighted by Crippen LogP contribution is 2.29. The molecule has 0 aromatic heterocycles. The number of hydrogen-bond acceptors (Lipinski definition) is 6. The number of nitrogens with two attached hydrogens (primary N) is 1. The fourth-order valence-corrected chi connectivity index (χ4v) is 2.07. The van der Waals surface area contributed by atoms with Gasteiger partial charge in [-0.25, -0.2) is 4.79 Å². The SMILES string of the molecule is N[C@]12NC(=O)N[C@H]1[C@H](O)[C@@H](O)[C@H](O)[C@H]2O. The summed E-state index contributed by atoms with van der Waals surface area (Å²) >= 11 is 0. The zero-order valence-corrected chi connectivity index (χ0v) is 7.66. The van der Waals surface area contributed by atoms with E-state index in [0.717, 1.165) is 0 Å². The summed E-state index contributed by atoms with van der Waals surface area (Å²) in [5, 5.41) is 42.4. The van der Waals surface area contributed by atoms with Crippen molar-refractivity contribution in [2.45, 2.75) is 36.1 Å². The molecule has 1 heterocycles. The molecule has 2 fully saturated rings. The van der Waals surface area contributed by atoms with E-state index in [-0.39, 0.29) is 0 Å². The number of carbonyl (C=O) groups excluding carboxylic acids is 1. The number of rotatable bonds is 0. The van der Waals surface area contributed by atoms with Crippen LogP contribution in [0.5, 0.6) is 0 Å². The van der Waals surface area contributed by atoms with Gasteiger partial charge in [0, 0.05) is 0 Å². The number of urea groups is 1. The first kappa shape index (κ1) is 10.6. The van der Waals surface area contributed by atoms with E-state index in [1.54, 1.807) is 0 Å². The lowest BCUT2D eigenvalue weighted by atomic mass is 9.78. The van der Waals surface area contributed by atoms with Crippen molar-refractivity contribution in [2.75, 3.05) is 0 Å². The van der Waals surface area contributed by atoms with Crippen molar-refractivity contribution < 1.29 is 25.2 Å². The molecular weight excluding hydrogens is 206 g/mol. The van der Waals surface area contributed by atoms with Crippen molar-refractivity contribution in [1.29, 1.82) is 0 Å². The zero-order valence-electron chi connectivity index (χ0n) is 7.66. The van der Waals surface area contributed by atoms with Crippen LogP contribution in [0.25, 0.3) is 0 Å². The van der Waals surface area contributed by atoms with Crippen LogP contribution < -0.4 is 16.4 Å². The molecule has 0 radical (unpaired) electrons. The molecule has 0 bridgehead atoms. The summed E-state index contributed by atoms with van der Waals surface area (Å²) in [6.07, 6.45) is -6.16. The molecule has 15 heavy (non-hydrogen) atoms. The number of hydrogen-bond donors (Lipinski definition) is 7. The molecule has 6 atom stereocenters. The first-order valence-electron chi connectivity index (χ1n) is 4.47. The molecule has 1 aliphatic carbocycles. The molecule has 0 spiro atoms. The average Bonchev–Trinajstić information content (AvgIpc) is 2.49. The van der Waals surface area contributed by atoms with Gasteiger partial charge in [-0.05, 0) is 0 Å². The molecule has 2 rings (SSSR count). The number of fused-ring (bicyclic) bond motifs is 1. The fourth-order valence-electron chi connectivity index (χ4n) is 2.07. The van der Waals surface area contributed by atoms with E-state index in [0.29, 0.717) is 0 Å². The minimum absolute atomic E-state index is 0.665. The number of carbonyl (C=O) groups is 1. The quantitative estimate of drug-likeness (QED) is 0.219. The van der Waals surface area contributed by atoms with Gasteiger partial charge in [0.2, 0.25) is 0 Å². The third kappa shape index (κ3) is 1.23. The summed E-state index contributed by atoms with van der Waals surface area (Å²) in [7, 11) is 0. The largest absolute Gasteiger partial charge is 0.388 e. The summed E-state index contributed by atoms with van der Waals surface area (Å²) in [5.41, 5.74) is 3.99. The Morgan fingerprint density at radius 2 is 1.73 bits per heavy atom. The van der Waals surface area contributed by atoms with Crippen LogP contribution in [-0.4, -0.2) is 62.6 Å². The Labute approximate surface area is 84.7 Å². The van der Waals surface area contributed by atoms with Crippen LogP contribution in [0.1, 0.15) is 0 Å². The lowest BCUT2D eigenvalue weighted by Crippen LogP contribution is -2.77. The summed E-state index contributed by atoms with van der Waals surface area (Å²) in [6.45, 7) is 0. The Balaban J connectivity index is 2.36. The van der Waals surface area contributed by atoms with Crippen LogP contribution in [0.3, 0.4) is 0 Å². The maximum absolute atomic E-state index is 11.0. The van der Waals surface area contributed by atoms with Crippen molar-refractivity contribution in [1.82, 2.24) is 10.6 Å². The second-order valence-electron chi connectivity index (χ2n) is 3.93. The minimum atomic E-state index is -1.67. The second-order valence-corrected chi connectivity index (χ2v) is 3.93.